The summed E-state index contributed by atoms with van der Waals surface area (Å²) in [6.45, 7) is 9.09. The third kappa shape index (κ3) is 2.71. The standard InChI is InChI=1S/C11H21NO2/c1-10(2)5-7-12(8-6-10)9(13)11(3,4)14/h14H,5-8H2,1-4H3. The summed E-state index contributed by atoms with van der Waals surface area (Å²) in [7, 11) is 0. The lowest BCUT2D eigenvalue weighted by Crippen LogP contribution is -2.49. The second-order valence-electron chi connectivity index (χ2n) is 5.52. The monoisotopic (exact) mass is 199 g/mol. The minimum atomic E-state index is -1.22. The summed E-state index contributed by atoms with van der Waals surface area (Å²) in [5.41, 5.74) is -0.877. The zero-order valence-electron chi connectivity index (χ0n) is 9.63. The number of likely N-dealkylation sites (tertiary alicyclic amines) is 1. The molecule has 82 valence electrons. The van der Waals surface area contributed by atoms with Gasteiger partial charge in [0.1, 0.15) is 5.60 Å². The lowest BCUT2D eigenvalue weighted by molar-refractivity contribution is -0.149. The van der Waals surface area contributed by atoms with Crippen LogP contribution in [0, 0.1) is 5.41 Å². The summed E-state index contributed by atoms with van der Waals surface area (Å²) in [6.07, 6.45) is 2.05. The molecule has 0 spiro atoms. The largest absolute Gasteiger partial charge is 0.381 e. The number of piperidine rings is 1. The van der Waals surface area contributed by atoms with Gasteiger partial charge in [-0.05, 0) is 32.1 Å². The molecular formula is C11H21NO2. The lowest BCUT2D eigenvalue weighted by atomic mass is 9.82. The van der Waals surface area contributed by atoms with Crippen molar-refractivity contribution in [1.82, 2.24) is 4.90 Å². The molecule has 1 N–H and O–H groups in total. The van der Waals surface area contributed by atoms with E-state index in [-0.39, 0.29) is 5.91 Å². The van der Waals surface area contributed by atoms with Crippen molar-refractivity contribution in [1.29, 1.82) is 0 Å². The molecule has 0 bridgehead atoms. The summed E-state index contributed by atoms with van der Waals surface area (Å²) >= 11 is 0. The molecule has 1 aliphatic heterocycles. The molecule has 3 heteroatoms. The Kier molecular flexibility index (Phi) is 2.91. The van der Waals surface area contributed by atoms with Crippen LogP contribution in [-0.4, -0.2) is 34.6 Å². The smallest absolute Gasteiger partial charge is 0.253 e. The van der Waals surface area contributed by atoms with Crippen LogP contribution in [0.5, 0.6) is 0 Å². The van der Waals surface area contributed by atoms with Crippen LogP contribution < -0.4 is 0 Å². The molecule has 0 radical (unpaired) electrons. The Balaban J connectivity index is 2.55. The molecule has 1 saturated heterocycles. The molecule has 0 unspecified atom stereocenters. The van der Waals surface area contributed by atoms with Gasteiger partial charge in [0.15, 0.2) is 0 Å². The predicted octanol–water partition coefficient (Wildman–Crippen LogP) is 1.41. The molecule has 3 nitrogen and oxygen atoms in total. The van der Waals surface area contributed by atoms with Crippen molar-refractivity contribution in [2.45, 2.75) is 46.1 Å². The molecule has 0 aromatic heterocycles. The Labute approximate surface area is 86.1 Å². The van der Waals surface area contributed by atoms with Gasteiger partial charge in [0, 0.05) is 13.1 Å². The normalized spacial score (nSPS) is 22.2. The Morgan fingerprint density at radius 1 is 1.29 bits per heavy atom. The van der Waals surface area contributed by atoms with Crippen LogP contribution in [0.4, 0.5) is 0 Å². The van der Waals surface area contributed by atoms with Crippen LogP contribution in [-0.2, 0) is 4.79 Å². The second kappa shape index (κ2) is 3.54. The highest BCUT2D eigenvalue weighted by molar-refractivity contribution is 5.84. The van der Waals surface area contributed by atoms with E-state index in [0.29, 0.717) is 5.41 Å². The Hall–Kier alpha value is -0.570. The van der Waals surface area contributed by atoms with E-state index in [1.54, 1.807) is 18.7 Å². The molecule has 0 atom stereocenters. The molecule has 0 saturated carbocycles. The van der Waals surface area contributed by atoms with Crippen molar-refractivity contribution < 1.29 is 9.90 Å². The number of carbonyl (C=O) groups is 1. The third-order valence-corrected chi connectivity index (χ3v) is 2.93. The van der Waals surface area contributed by atoms with Gasteiger partial charge in [-0.3, -0.25) is 4.79 Å². The SMILES string of the molecule is CC1(C)CCN(C(=O)C(C)(C)O)CC1. The molecule has 1 amide bonds. The number of amides is 1. The topological polar surface area (TPSA) is 40.5 Å². The van der Waals surface area contributed by atoms with Crippen molar-refractivity contribution in [3.63, 3.8) is 0 Å². The zero-order valence-corrected chi connectivity index (χ0v) is 9.63. The average molecular weight is 199 g/mol. The fourth-order valence-corrected chi connectivity index (χ4v) is 1.70. The number of nitrogens with zero attached hydrogens (tertiary/aromatic N) is 1. The van der Waals surface area contributed by atoms with Gasteiger partial charge in [0.25, 0.3) is 5.91 Å². The number of aliphatic hydroxyl groups is 1. The van der Waals surface area contributed by atoms with Crippen molar-refractivity contribution >= 4 is 5.91 Å². The van der Waals surface area contributed by atoms with E-state index in [9.17, 15) is 9.90 Å². The van der Waals surface area contributed by atoms with Gasteiger partial charge in [-0.2, -0.15) is 0 Å². The van der Waals surface area contributed by atoms with E-state index in [4.69, 9.17) is 0 Å². The molecule has 1 rings (SSSR count). The highest BCUT2D eigenvalue weighted by Gasteiger charge is 2.33. The molecule has 0 aliphatic carbocycles. The first kappa shape index (κ1) is 11.5. The Morgan fingerprint density at radius 3 is 2.07 bits per heavy atom. The van der Waals surface area contributed by atoms with Crippen LogP contribution in [0.15, 0.2) is 0 Å². The number of hydrogen-bond acceptors (Lipinski definition) is 2. The van der Waals surface area contributed by atoms with E-state index >= 15 is 0 Å². The van der Waals surface area contributed by atoms with Gasteiger partial charge in [0.2, 0.25) is 0 Å². The van der Waals surface area contributed by atoms with E-state index in [0.717, 1.165) is 25.9 Å². The van der Waals surface area contributed by atoms with Gasteiger partial charge < -0.3 is 10.0 Å². The summed E-state index contributed by atoms with van der Waals surface area (Å²) in [4.78, 5) is 13.5. The van der Waals surface area contributed by atoms with Crippen LogP contribution >= 0.6 is 0 Å². The van der Waals surface area contributed by atoms with E-state index in [2.05, 4.69) is 13.8 Å². The third-order valence-electron chi connectivity index (χ3n) is 2.93. The summed E-state index contributed by atoms with van der Waals surface area (Å²) < 4.78 is 0. The minimum Gasteiger partial charge on any atom is -0.381 e. The minimum absolute atomic E-state index is 0.145. The Bertz CT molecular complexity index is 218. The van der Waals surface area contributed by atoms with Crippen LogP contribution in [0.3, 0.4) is 0 Å². The predicted molar refractivity (Wildman–Crippen MR) is 55.9 cm³/mol. The van der Waals surface area contributed by atoms with Crippen LogP contribution in [0.2, 0.25) is 0 Å². The van der Waals surface area contributed by atoms with Crippen LogP contribution in [0.1, 0.15) is 40.5 Å². The molecule has 14 heavy (non-hydrogen) atoms. The summed E-state index contributed by atoms with van der Waals surface area (Å²) in [5, 5.41) is 9.58. The van der Waals surface area contributed by atoms with E-state index < -0.39 is 5.60 Å². The molecule has 1 aliphatic rings. The van der Waals surface area contributed by atoms with Gasteiger partial charge in [-0.1, -0.05) is 13.8 Å². The maximum absolute atomic E-state index is 11.7. The van der Waals surface area contributed by atoms with Gasteiger partial charge in [0.05, 0.1) is 0 Å². The Morgan fingerprint density at radius 2 is 1.71 bits per heavy atom. The van der Waals surface area contributed by atoms with E-state index in [1.165, 1.54) is 0 Å². The van der Waals surface area contributed by atoms with Gasteiger partial charge >= 0.3 is 0 Å². The van der Waals surface area contributed by atoms with E-state index in [1.807, 2.05) is 0 Å². The number of hydrogen-bond donors (Lipinski definition) is 1. The lowest BCUT2D eigenvalue weighted by Gasteiger charge is -2.39. The average Bonchev–Trinajstić information content (AvgIpc) is 2.01. The first-order chi connectivity index (χ1) is 6.22. The van der Waals surface area contributed by atoms with Gasteiger partial charge in [-0.15, -0.1) is 0 Å². The quantitative estimate of drug-likeness (QED) is 0.693. The van der Waals surface area contributed by atoms with Crippen LogP contribution in [0.25, 0.3) is 0 Å². The van der Waals surface area contributed by atoms with Crippen molar-refractivity contribution in [2.75, 3.05) is 13.1 Å². The van der Waals surface area contributed by atoms with Crippen molar-refractivity contribution in [3.05, 3.63) is 0 Å². The molecule has 1 heterocycles. The van der Waals surface area contributed by atoms with Gasteiger partial charge in [-0.25, -0.2) is 0 Å². The first-order valence-corrected chi connectivity index (χ1v) is 5.24. The first-order valence-electron chi connectivity index (χ1n) is 5.24. The summed E-state index contributed by atoms with van der Waals surface area (Å²) in [6, 6.07) is 0. The van der Waals surface area contributed by atoms with Crippen molar-refractivity contribution in [3.8, 4) is 0 Å². The fraction of sp³-hybridized carbons (Fsp3) is 0.909. The maximum atomic E-state index is 11.7. The number of carbonyl (C=O) groups excluding carboxylic acids is 1. The van der Waals surface area contributed by atoms with Crippen molar-refractivity contribution in [2.24, 2.45) is 5.41 Å². The highest BCUT2D eigenvalue weighted by atomic mass is 16.3. The molecule has 0 aromatic carbocycles. The zero-order chi connectivity index (χ0) is 11.0. The highest BCUT2D eigenvalue weighted by Crippen LogP contribution is 2.30. The second-order valence-corrected chi connectivity index (χ2v) is 5.52. The summed E-state index contributed by atoms with van der Waals surface area (Å²) in [5.74, 6) is -0.145. The maximum Gasteiger partial charge on any atom is 0.253 e. The fourth-order valence-electron chi connectivity index (χ4n) is 1.70. The number of rotatable bonds is 1. The molecule has 0 aromatic rings. The molecular weight excluding hydrogens is 178 g/mol. The molecule has 1 fully saturated rings.